The van der Waals surface area contributed by atoms with Gasteiger partial charge in [-0.1, -0.05) is 0 Å². The molecule has 26 heavy (non-hydrogen) atoms. The van der Waals surface area contributed by atoms with Crippen molar-refractivity contribution in [2.45, 2.75) is 17.5 Å². The van der Waals surface area contributed by atoms with Crippen molar-refractivity contribution in [1.29, 1.82) is 0 Å². The number of benzene rings is 2. The normalized spacial score (nSPS) is 22.0. The van der Waals surface area contributed by atoms with E-state index in [9.17, 15) is 38.5 Å². The summed E-state index contributed by atoms with van der Waals surface area (Å²) < 4.78 is 41.2. The fourth-order valence-electron chi connectivity index (χ4n) is 2.83. The molecule has 0 saturated carbocycles. The van der Waals surface area contributed by atoms with E-state index in [1.54, 1.807) is 0 Å². The van der Waals surface area contributed by atoms with E-state index in [4.69, 9.17) is 4.74 Å². The molecule has 9 nitrogen and oxygen atoms in total. The van der Waals surface area contributed by atoms with Crippen molar-refractivity contribution >= 4 is 10.1 Å². The van der Waals surface area contributed by atoms with Crippen molar-refractivity contribution < 1.29 is 72.8 Å². The van der Waals surface area contributed by atoms with Gasteiger partial charge in [0.15, 0.2) is 11.5 Å². The molecule has 2 atom stereocenters. The first-order valence-electron chi connectivity index (χ1n) is 6.96. The molecule has 2 aromatic rings. The molecule has 2 aromatic carbocycles. The second-order valence-electron chi connectivity index (χ2n) is 5.59. The van der Waals surface area contributed by atoms with Crippen LogP contribution in [-0.2, 0) is 21.5 Å². The molecule has 0 spiro atoms. The van der Waals surface area contributed by atoms with Gasteiger partial charge >= 0.3 is 29.6 Å². The topological polar surface area (TPSA) is 168 Å². The maximum Gasteiger partial charge on any atom is 1.00 e. The molecular formula is C15H13NaO9S. The van der Waals surface area contributed by atoms with Crippen LogP contribution in [-0.4, -0.2) is 44.6 Å². The average Bonchev–Trinajstić information content (AvgIpc) is 2.49. The van der Waals surface area contributed by atoms with Gasteiger partial charge in [0.2, 0.25) is 4.93 Å². The van der Waals surface area contributed by atoms with E-state index in [1.165, 1.54) is 0 Å². The van der Waals surface area contributed by atoms with Crippen LogP contribution >= 0.6 is 0 Å². The minimum atomic E-state index is -5.37. The third-order valence-corrected chi connectivity index (χ3v) is 5.35. The molecular weight excluding hydrogens is 379 g/mol. The maximum atomic E-state index is 12.0. The van der Waals surface area contributed by atoms with Crippen molar-refractivity contribution in [2.24, 2.45) is 0 Å². The second-order valence-corrected chi connectivity index (χ2v) is 7.10. The molecule has 0 radical (unpaired) electrons. The van der Waals surface area contributed by atoms with E-state index in [2.05, 4.69) is 0 Å². The number of hydrogen-bond acceptors (Lipinski definition) is 9. The molecule has 1 heterocycles. The summed E-state index contributed by atoms with van der Waals surface area (Å²) in [5.41, 5.74) is -0.411. The Morgan fingerprint density at radius 1 is 1.04 bits per heavy atom. The predicted molar refractivity (Wildman–Crippen MR) is 81.3 cm³/mol. The molecule has 134 valence electrons. The Bertz CT molecular complexity index is 960. The molecule has 0 fully saturated rings. The SMILES string of the molecule is O=S(=O)([O-])[C@]1(c2ccc(O)c(O)c2)Oc2cc(O)cc(O)c2C[C@H]1O.[Na+]. The third kappa shape index (κ3) is 3.08. The van der Waals surface area contributed by atoms with Gasteiger partial charge in [-0.15, -0.1) is 0 Å². The van der Waals surface area contributed by atoms with Crippen LogP contribution in [0.25, 0.3) is 0 Å². The first-order chi connectivity index (χ1) is 11.6. The third-order valence-electron chi connectivity index (χ3n) is 4.02. The van der Waals surface area contributed by atoms with Gasteiger partial charge in [0.25, 0.3) is 0 Å². The quantitative estimate of drug-likeness (QED) is 0.206. The van der Waals surface area contributed by atoms with Crippen LogP contribution in [0.1, 0.15) is 11.1 Å². The first kappa shape index (κ1) is 20.6. The Labute approximate surface area is 170 Å². The van der Waals surface area contributed by atoms with Crippen LogP contribution in [0.3, 0.4) is 0 Å². The fraction of sp³-hybridized carbons (Fsp3) is 0.200. The minimum Gasteiger partial charge on any atom is -0.745 e. The Balaban J connectivity index is 0.00000243. The van der Waals surface area contributed by atoms with Gasteiger partial charge in [-0.2, -0.15) is 0 Å². The van der Waals surface area contributed by atoms with Crippen LogP contribution in [0.2, 0.25) is 0 Å². The van der Waals surface area contributed by atoms with Gasteiger partial charge in [-0.3, -0.25) is 0 Å². The maximum absolute atomic E-state index is 12.0. The summed E-state index contributed by atoms with van der Waals surface area (Å²) in [4.78, 5) is -2.84. The molecule has 1 aliphatic heterocycles. The van der Waals surface area contributed by atoms with E-state index in [1.807, 2.05) is 0 Å². The van der Waals surface area contributed by atoms with Crippen molar-refractivity contribution in [1.82, 2.24) is 0 Å². The summed E-state index contributed by atoms with van der Waals surface area (Å²) in [6.07, 6.45) is -2.40. The van der Waals surface area contributed by atoms with Gasteiger partial charge in [-0.25, -0.2) is 8.42 Å². The molecule has 0 unspecified atom stereocenters. The molecule has 3 rings (SSSR count). The van der Waals surface area contributed by atoms with Crippen molar-refractivity contribution in [3.05, 3.63) is 41.5 Å². The number of phenolic OH excluding ortho intramolecular Hbond substituents is 4. The first-order valence-corrected chi connectivity index (χ1v) is 8.37. The summed E-state index contributed by atoms with van der Waals surface area (Å²) in [6.45, 7) is 0. The van der Waals surface area contributed by atoms with E-state index < -0.39 is 56.1 Å². The summed E-state index contributed by atoms with van der Waals surface area (Å²) in [5, 5.41) is 48.8. The zero-order valence-corrected chi connectivity index (χ0v) is 16.3. The summed E-state index contributed by atoms with van der Waals surface area (Å²) in [5.74, 6) is -2.49. The monoisotopic (exact) mass is 392 g/mol. The van der Waals surface area contributed by atoms with Crippen LogP contribution in [0.4, 0.5) is 0 Å². The van der Waals surface area contributed by atoms with E-state index >= 15 is 0 Å². The molecule has 11 heteroatoms. The summed E-state index contributed by atoms with van der Waals surface area (Å²) in [6, 6.07) is 4.67. The molecule has 0 amide bonds. The van der Waals surface area contributed by atoms with Crippen LogP contribution < -0.4 is 34.3 Å². The van der Waals surface area contributed by atoms with Crippen LogP contribution in [0.5, 0.6) is 28.7 Å². The minimum absolute atomic E-state index is 0. The number of aliphatic hydroxyl groups is 1. The molecule has 0 aromatic heterocycles. The summed E-state index contributed by atoms with van der Waals surface area (Å²) in [7, 11) is -5.37. The van der Waals surface area contributed by atoms with Crippen molar-refractivity contribution in [3.63, 3.8) is 0 Å². The predicted octanol–water partition coefficient (Wildman–Crippen LogP) is -2.79. The average molecular weight is 392 g/mol. The Kier molecular flexibility index (Phi) is 5.39. The molecule has 0 bridgehead atoms. The number of aromatic hydroxyl groups is 4. The van der Waals surface area contributed by atoms with E-state index in [-0.39, 0.29) is 40.9 Å². The Hall–Kier alpha value is -1.69. The number of ether oxygens (including phenoxy) is 1. The zero-order chi connectivity index (χ0) is 18.6. The summed E-state index contributed by atoms with van der Waals surface area (Å²) >= 11 is 0. The number of phenols is 4. The van der Waals surface area contributed by atoms with Gasteiger partial charge in [0, 0.05) is 29.7 Å². The van der Waals surface area contributed by atoms with Crippen molar-refractivity contribution in [2.75, 3.05) is 0 Å². The molecule has 0 saturated heterocycles. The number of aliphatic hydroxyl groups excluding tert-OH is 1. The standard InChI is InChI=1S/C15H14O9S.Na/c16-8-4-11(18)9-6-14(20)15(25(21,22)23,24-13(9)5-8)7-1-2-10(17)12(19)3-7;/h1-5,14,16-20H,6H2,(H,21,22,23);/q;+1/p-1/t14-,15+;/m1./s1. The second kappa shape index (κ2) is 6.80. The molecule has 0 aliphatic carbocycles. The van der Waals surface area contributed by atoms with Crippen LogP contribution in [0.15, 0.2) is 30.3 Å². The molecule has 1 aliphatic rings. The fourth-order valence-corrected chi connectivity index (χ4v) is 3.85. The van der Waals surface area contributed by atoms with E-state index in [0.717, 1.165) is 30.3 Å². The largest absolute Gasteiger partial charge is 1.00 e. The van der Waals surface area contributed by atoms with Crippen molar-refractivity contribution in [3.8, 4) is 28.7 Å². The number of hydrogen-bond donors (Lipinski definition) is 5. The Morgan fingerprint density at radius 3 is 2.27 bits per heavy atom. The zero-order valence-electron chi connectivity index (χ0n) is 13.4. The number of rotatable bonds is 2. The number of fused-ring (bicyclic) bond motifs is 1. The van der Waals surface area contributed by atoms with Crippen LogP contribution in [0, 0.1) is 0 Å². The van der Waals surface area contributed by atoms with Gasteiger partial charge in [0.1, 0.15) is 33.5 Å². The van der Waals surface area contributed by atoms with Gasteiger partial charge in [0.05, 0.1) is 0 Å². The van der Waals surface area contributed by atoms with Gasteiger partial charge < -0.3 is 34.8 Å². The molecule has 5 N–H and O–H groups in total. The smallest absolute Gasteiger partial charge is 0.745 e. The van der Waals surface area contributed by atoms with Gasteiger partial charge in [-0.05, 0) is 18.2 Å². The van der Waals surface area contributed by atoms with E-state index in [0.29, 0.717) is 0 Å². The Morgan fingerprint density at radius 2 is 1.69 bits per heavy atom.